The van der Waals surface area contributed by atoms with Crippen LogP contribution in [0.5, 0.6) is 0 Å². The first kappa shape index (κ1) is 13.6. The van der Waals surface area contributed by atoms with Gasteiger partial charge in [0.05, 0.1) is 16.7 Å². The van der Waals surface area contributed by atoms with Gasteiger partial charge in [0.2, 0.25) is 0 Å². The molecule has 3 rings (SSSR count). The normalized spacial score (nSPS) is 11.2. The molecule has 0 aliphatic heterocycles. The van der Waals surface area contributed by atoms with E-state index in [1.165, 1.54) is 0 Å². The topological polar surface area (TPSA) is 64.1 Å². The van der Waals surface area contributed by atoms with Gasteiger partial charge in [0, 0.05) is 14.6 Å². The molecule has 4 nitrogen and oxygen atoms in total. The van der Waals surface area contributed by atoms with E-state index in [1.807, 2.05) is 34.9 Å². The number of nitrogen functional groups attached to an aromatic ring is 1. The summed E-state index contributed by atoms with van der Waals surface area (Å²) in [5, 5.41) is 9.57. The molecule has 6 heteroatoms. The van der Waals surface area contributed by atoms with Gasteiger partial charge in [0.15, 0.2) is 0 Å². The molecule has 3 N–H and O–H groups in total. The predicted molar refractivity (Wildman–Crippen MR) is 86.8 cm³/mol. The number of aliphatic hydroxyl groups excluding tert-OH is 1. The highest BCUT2D eigenvalue weighted by Crippen LogP contribution is 2.30. The van der Waals surface area contributed by atoms with Crippen LogP contribution in [0.4, 0.5) is 5.69 Å². The molecule has 0 aliphatic carbocycles. The van der Waals surface area contributed by atoms with E-state index in [2.05, 4.69) is 36.8 Å². The first-order valence-electron chi connectivity index (χ1n) is 5.93. The maximum Gasteiger partial charge on any atom is 0.140 e. The molecule has 102 valence electrons. The second kappa shape index (κ2) is 5.20. The molecule has 2 aromatic carbocycles. The Morgan fingerprint density at radius 3 is 2.70 bits per heavy atom. The zero-order valence-corrected chi connectivity index (χ0v) is 13.5. The van der Waals surface area contributed by atoms with Crippen molar-refractivity contribution in [2.45, 2.75) is 6.61 Å². The molecule has 0 unspecified atom stereocenters. The fourth-order valence-corrected chi connectivity index (χ4v) is 2.95. The fourth-order valence-electron chi connectivity index (χ4n) is 2.18. The quantitative estimate of drug-likeness (QED) is 0.650. The van der Waals surface area contributed by atoms with Gasteiger partial charge < -0.3 is 10.8 Å². The Labute approximate surface area is 132 Å². The van der Waals surface area contributed by atoms with Crippen molar-refractivity contribution in [3.05, 3.63) is 51.2 Å². The van der Waals surface area contributed by atoms with E-state index >= 15 is 0 Å². The van der Waals surface area contributed by atoms with E-state index in [1.54, 1.807) is 6.07 Å². The number of imidazole rings is 1. The van der Waals surface area contributed by atoms with Crippen molar-refractivity contribution in [3.63, 3.8) is 0 Å². The molecule has 0 amide bonds. The molecule has 0 radical (unpaired) electrons. The molecule has 0 aliphatic rings. The number of nitrogens with zero attached hydrogens (tertiary/aromatic N) is 2. The SMILES string of the molecule is Nc1ccc2c(c1)nc(CO)n2-c1cc(Br)ccc1Br. The van der Waals surface area contributed by atoms with Crippen LogP contribution in [0.25, 0.3) is 16.7 Å². The highest BCUT2D eigenvalue weighted by Gasteiger charge is 2.14. The van der Waals surface area contributed by atoms with Crippen LogP contribution in [0.3, 0.4) is 0 Å². The Morgan fingerprint density at radius 1 is 1.15 bits per heavy atom. The number of fused-ring (bicyclic) bond motifs is 1. The van der Waals surface area contributed by atoms with E-state index in [0.29, 0.717) is 11.5 Å². The van der Waals surface area contributed by atoms with Crippen molar-refractivity contribution in [2.75, 3.05) is 5.73 Å². The third-order valence-electron chi connectivity index (χ3n) is 3.04. The molecular weight excluding hydrogens is 386 g/mol. The van der Waals surface area contributed by atoms with Gasteiger partial charge in [-0.3, -0.25) is 4.57 Å². The van der Waals surface area contributed by atoms with Crippen molar-refractivity contribution in [3.8, 4) is 5.69 Å². The summed E-state index contributed by atoms with van der Waals surface area (Å²) in [4.78, 5) is 4.44. The molecule has 0 bridgehead atoms. The summed E-state index contributed by atoms with van der Waals surface area (Å²) in [7, 11) is 0. The molecule has 20 heavy (non-hydrogen) atoms. The van der Waals surface area contributed by atoms with Crippen LogP contribution >= 0.6 is 31.9 Å². The molecule has 1 aromatic heterocycles. The van der Waals surface area contributed by atoms with Crippen LogP contribution in [0.2, 0.25) is 0 Å². The molecule has 0 saturated heterocycles. The van der Waals surface area contributed by atoms with E-state index in [-0.39, 0.29) is 6.61 Å². The number of aliphatic hydroxyl groups is 1. The Hall–Kier alpha value is -1.37. The summed E-state index contributed by atoms with van der Waals surface area (Å²) in [6.45, 7) is -0.145. The third kappa shape index (κ3) is 2.24. The van der Waals surface area contributed by atoms with Crippen LogP contribution in [0.1, 0.15) is 5.82 Å². The second-order valence-corrected chi connectivity index (χ2v) is 6.14. The number of halogens is 2. The van der Waals surface area contributed by atoms with Gasteiger partial charge in [0.25, 0.3) is 0 Å². The van der Waals surface area contributed by atoms with Gasteiger partial charge in [0.1, 0.15) is 12.4 Å². The number of hydrogen-bond donors (Lipinski definition) is 2. The van der Waals surface area contributed by atoms with E-state index in [4.69, 9.17) is 5.73 Å². The van der Waals surface area contributed by atoms with Gasteiger partial charge in [-0.15, -0.1) is 0 Å². The minimum absolute atomic E-state index is 0.145. The maximum absolute atomic E-state index is 9.57. The molecule has 0 saturated carbocycles. The number of hydrogen-bond acceptors (Lipinski definition) is 3. The lowest BCUT2D eigenvalue weighted by Crippen LogP contribution is -2.02. The summed E-state index contributed by atoms with van der Waals surface area (Å²) in [6, 6.07) is 11.4. The highest BCUT2D eigenvalue weighted by atomic mass is 79.9. The van der Waals surface area contributed by atoms with Crippen molar-refractivity contribution in [2.24, 2.45) is 0 Å². The number of aromatic nitrogens is 2. The molecule has 1 heterocycles. The second-order valence-electron chi connectivity index (χ2n) is 4.37. The highest BCUT2D eigenvalue weighted by molar-refractivity contribution is 9.11. The van der Waals surface area contributed by atoms with Crippen LogP contribution in [-0.4, -0.2) is 14.7 Å². The van der Waals surface area contributed by atoms with Crippen LogP contribution in [0.15, 0.2) is 45.3 Å². The fraction of sp³-hybridized carbons (Fsp3) is 0.0714. The minimum atomic E-state index is -0.145. The molecule has 0 fully saturated rings. The van der Waals surface area contributed by atoms with Gasteiger partial charge in [-0.05, 0) is 52.3 Å². The average molecular weight is 397 g/mol. The zero-order valence-electron chi connectivity index (χ0n) is 10.3. The Bertz CT molecular complexity index is 798. The van der Waals surface area contributed by atoms with Gasteiger partial charge in [-0.25, -0.2) is 4.98 Å². The Kier molecular flexibility index (Phi) is 3.54. The lowest BCUT2D eigenvalue weighted by Gasteiger charge is -2.10. The van der Waals surface area contributed by atoms with E-state index in [9.17, 15) is 5.11 Å². The zero-order chi connectivity index (χ0) is 14.3. The summed E-state index contributed by atoms with van der Waals surface area (Å²) >= 11 is 7.01. The van der Waals surface area contributed by atoms with E-state index < -0.39 is 0 Å². The number of rotatable bonds is 2. The lowest BCUT2D eigenvalue weighted by molar-refractivity contribution is 0.270. The van der Waals surface area contributed by atoms with Crippen LogP contribution in [0, 0.1) is 0 Å². The van der Waals surface area contributed by atoms with Gasteiger partial charge in [-0.2, -0.15) is 0 Å². The Balaban J connectivity index is 2.37. The third-order valence-corrected chi connectivity index (χ3v) is 4.20. The van der Waals surface area contributed by atoms with Crippen LogP contribution in [-0.2, 0) is 6.61 Å². The van der Waals surface area contributed by atoms with Gasteiger partial charge >= 0.3 is 0 Å². The van der Waals surface area contributed by atoms with E-state index in [0.717, 1.165) is 25.7 Å². The molecule has 3 aromatic rings. The summed E-state index contributed by atoms with van der Waals surface area (Å²) in [5.74, 6) is 0.574. The first-order valence-corrected chi connectivity index (χ1v) is 7.52. The minimum Gasteiger partial charge on any atom is -0.399 e. The number of nitrogens with two attached hydrogens (primary N) is 1. The standard InChI is InChI=1S/C14H11Br2N3O/c15-8-1-3-10(16)13(5-8)19-12-4-2-9(17)6-11(12)18-14(19)7-20/h1-6,20H,7,17H2. The lowest BCUT2D eigenvalue weighted by atomic mass is 10.2. The predicted octanol–water partition coefficient (Wildman–Crippen LogP) is 3.63. The maximum atomic E-state index is 9.57. The summed E-state index contributed by atoms with van der Waals surface area (Å²) in [6.07, 6.45) is 0. The van der Waals surface area contributed by atoms with Crippen molar-refractivity contribution in [1.29, 1.82) is 0 Å². The average Bonchev–Trinajstić information content (AvgIpc) is 2.78. The monoisotopic (exact) mass is 395 g/mol. The molecule has 0 spiro atoms. The van der Waals surface area contributed by atoms with Crippen molar-refractivity contribution < 1.29 is 5.11 Å². The Morgan fingerprint density at radius 2 is 1.95 bits per heavy atom. The van der Waals surface area contributed by atoms with Gasteiger partial charge in [-0.1, -0.05) is 15.9 Å². The van der Waals surface area contributed by atoms with Crippen molar-refractivity contribution in [1.82, 2.24) is 9.55 Å². The first-order chi connectivity index (χ1) is 9.60. The number of benzene rings is 2. The van der Waals surface area contributed by atoms with Crippen molar-refractivity contribution >= 4 is 48.6 Å². The smallest absolute Gasteiger partial charge is 0.140 e. The summed E-state index contributed by atoms with van der Waals surface area (Å²) in [5.41, 5.74) is 9.02. The van der Waals surface area contributed by atoms with Crippen LogP contribution < -0.4 is 5.73 Å². The largest absolute Gasteiger partial charge is 0.399 e. The molecule has 0 atom stereocenters. The molecular formula is C14H11Br2N3O. The number of anilines is 1. The summed E-state index contributed by atoms with van der Waals surface area (Å²) < 4.78 is 3.80.